The molecule has 26 heavy (non-hydrogen) atoms. The lowest BCUT2D eigenvalue weighted by Crippen LogP contribution is -2.29. The van der Waals surface area contributed by atoms with Gasteiger partial charge in [-0.05, 0) is 38.0 Å². The van der Waals surface area contributed by atoms with Crippen LogP contribution < -0.4 is 0 Å². The number of rotatable bonds is 2. The quantitative estimate of drug-likeness (QED) is 0.771. The van der Waals surface area contributed by atoms with Crippen molar-refractivity contribution in [3.05, 3.63) is 47.2 Å². The van der Waals surface area contributed by atoms with Crippen molar-refractivity contribution in [3.63, 3.8) is 0 Å². The number of benzene rings is 1. The third-order valence-electron chi connectivity index (χ3n) is 5.96. The van der Waals surface area contributed by atoms with E-state index in [1.807, 2.05) is 0 Å². The molecule has 3 aliphatic rings. The first kappa shape index (κ1) is 15.9. The molecule has 2 aliphatic heterocycles. The molecular formula is C20H16F2O4. The number of hydrogen-bond donors (Lipinski definition) is 0. The van der Waals surface area contributed by atoms with E-state index in [1.165, 1.54) is 12.1 Å². The van der Waals surface area contributed by atoms with E-state index in [2.05, 4.69) is 0 Å². The van der Waals surface area contributed by atoms with Crippen molar-refractivity contribution in [2.24, 2.45) is 11.8 Å². The lowest BCUT2D eigenvalue weighted by atomic mass is 9.81. The molecule has 5 atom stereocenters. The van der Waals surface area contributed by atoms with Gasteiger partial charge in [-0.2, -0.15) is 0 Å². The molecule has 5 rings (SSSR count). The average Bonchev–Trinajstić information content (AvgIpc) is 3.33. The molecule has 1 aromatic carbocycles. The first-order chi connectivity index (χ1) is 12.5. The molecule has 1 aliphatic carbocycles. The summed E-state index contributed by atoms with van der Waals surface area (Å²) in [5.74, 6) is -2.70. The van der Waals surface area contributed by atoms with Gasteiger partial charge in [0.1, 0.15) is 29.1 Å². The number of hydrogen-bond acceptors (Lipinski definition) is 4. The van der Waals surface area contributed by atoms with E-state index >= 15 is 0 Å². The van der Waals surface area contributed by atoms with Crippen molar-refractivity contribution < 1.29 is 27.5 Å². The topological polar surface area (TPSA) is 56.5 Å². The minimum atomic E-state index is -0.877. The summed E-state index contributed by atoms with van der Waals surface area (Å²) in [4.78, 5) is 25.9. The molecule has 2 saturated heterocycles. The van der Waals surface area contributed by atoms with Gasteiger partial charge in [-0.25, -0.2) is 8.78 Å². The maximum Gasteiger partial charge on any atom is 0.154 e. The number of Topliss-reactive ketones (excluding diaryl/α,β-unsaturated/α-hetero) is 2. The van der Waals surface area contributed by atoms with Crippen LogP contribution in [-0.2, 0) is 14.3 Å². The SMILES string of the molecule is Cc1oc(-c2ccc(F)cc2F)cc1C1C(=O)[C@@H]2C3CCC(O3)[C@@H]2C1=O. The fourth-order valence-corrected chi connectivity index (χ4v) is 4.84. The van der Waals surface area contributed by atoms with Crippen molar-refractivity contribution in [2.45, 2.75) is 37.9 Å². The first-order valence-electron chi connectivity index (χ1n) is 8.74. The van der Waals surface area contributed by atoms with E-state index in [4.69, 9.17) is 9.15 Å². The van der Waals surface area contributed by atoms with Crippen molar-refractivity contribution in [2.75, 3.05) is 0 Å². The monoisotopic (exact) mass is 358 g/mol. The van der Waals surface area contributed by atoms with Crippen LogP contribution in [0.3, 0.4) is 0 Å². The maximum atomic E-state index is 14.1. The number of ether oxygens (including phenoxy) is 1. The zero-order valence-corrected chi connectivity index (χ0v) is 14.0. The molecular weight excluding hydrogens is 342 g/mol. The van der Waals surface area contributed by atoms with Crippen molar-refractivity contribution >= 4 is 11.6 Å². The third kappa shape index (κ3) is 2.02. The second-order valence-corrected chi connectivity index (χ2v) is 7.33. The smallest absolute Gasteiger partial charge is 0.154 e. The summed E-state index contributed by atoms with van der Waals surface area (Å²) in [5.41, 5.74) is 0.578. The van der Waals surface area contributed by atoms with Gasteiger partial charge in [0.2, 0.25) is 0 Å². The number of ketones is 2. The number of furan rings is 1. The predicted molar refractivity (Wildman–Crippen MR) is 86.4 cm³/mol. The van der Waals surface area contributed by atoms with Crippen LogP contribution in [0.15, 0.2) is 28.7 Å². The molecule has 3 unspecified atom stereocenters. The van der Waals surface area contributed by atoms with Crippen LogP contribution in [0.1, 0.15) is 30.1 Å². The lowest BCUT2D eigenvalue weighted by Gasteiger charge is -2.16. The van der Waals surface area contributed by atoms with Gasteiger partial charge in [0.25, 0.3) is 0 Å². The molecule has 1 saturated carbocycles. The number of carbonyl (C=O) groups excluding carboxylic acids is 2. The van der Waals surface area contributed by atoms with E-state index in [9.17, 15) is 18.4 Å². The molecule has 2 aromatic rings. The molecule has 0 amide bonds. The van der Waals surface area contributed by atoms with Gasteiger partial charge in [-0.15, -0.1) is 0 Å². The van der Waals surface area contributed by atoms with Gasteiger partial charge in [0.05, 0.1) is 29.6 Å². The van der Waals surface area contributed by atoms with E-state index in [-0.39, 0.29) is 46.9 Å². The molecule has 4 nitrogen and oxygen atoms in total. The molecule has 3 fully saturated rings. The van der Waals surface area contributed by atoms with E-state index in [1.54, 1.807) is 6.92 Å². The van der Waals surface area contributed by atoms with Gasteiger partial charge in [-0.1, -0.05) is 0 Å². The Balaban J connectivity index is 1.54. The predicted octanol–water partition coefficient (Wildman–Crippen LogP) is 3.56. The molecule has 0 N–H and O–H groups in total. The summed E-state index contributed by atoms with van der Waals surface area (Å²) < 4.78 is 38.6. The highest BCUT2D eigenvalue weighted by molar-refractivity contribution is 6.17. The average molecular weight is 358 g/mol. The largest absolute Gasteiger partial charge is 0.461 e. The Kier molecular flexibility index (Phi) is 3.26. The number of aryl methyl sites for hydroxylation is 1. The van der Waals surface area contributed by atoms with Crippen LogP contribution in [0, 0.1) is 30.4 Å². The van der Waals surface area contributed by atoms with Crippen LogP contribution in [0.5, 0.6) is 0 Å². The fourth-order valence-electron chi connectivity index (χ4n) is 4.84. The normalized spacial score (nSPS) is 32.5. The molecule has 134 valence electrons. The fraction of sp³-hybridized carbons (Fsp3) is 0.400. The molecule has 0 spiro atoms. The van der Waals surface area contributed by atoms with E-state index < -0.39 is 17.6 Å². The van der Waals surface area contributed by atoms with Crippen LogP contribution in [-0.4, -0.2) is 23.8 Å². The molecule has 2 bridgehead atoms. The minimum Gasteiger partial charge on any atom is -0.461 e. The minimum absolute atomic E-state index is 0.0993. The van der Waals surface area contributed by atoms with E-state index in [0.717, 1.165) is 25.0 Å². The van der Waals surface area contributed by atoms with Crippen LogP contribution >= 0.6 is 0 Å². The Morgan fingerprint density at radius 2 is 1.65 bits per heavy atom. The summed E-state index contributed by atoms with van der Waals surface area (Å²) in [6, 6.07) is 4.74. The lowest BCUT2D eigenvalue weighted by molar-refractivity contribution is -0.127. The van der Waals surface area contributed by atoms with Gasteiger partial charge >= 0.3 is 0 Å². The summed E-state index contributed by atoms with van der Waals surface area (Å²) in [5, 5.41) is 0. The summed E-state index contributed by atoms with van der Waals surface area (Å²) >= 11 is 0. The van der Waals surface area contributed by atoms with Gasteiger partial charge in [-0.3, -0.25) is 9.59 Å². The number of fused-ring (bicyclic) bond motifs is 5. The van der Waals surface area contributed by atoms with Crippen molar-refractivity contribution in [1.82, 2.24) is 0 Å². The number of halogens is 2. The zero-order chi connectivity index (χ0) is 18.2. The Hall–Kier alpha value is -2.34. The second kappa shape index (κ2) is 5.33. The summed E-state index contributed by atoms with van der Waals surface area (Å²) in [6.07, 6.45) is 1.31. The standard InChI is InChI=1S/C20H16F2O4/c1-8-11(7-15(25-8)10-3-2-9(21)6-12(10)22)16-19(23)17-13-4-5-14(26-13)18(17)20(16)24/h2-3,6-7,13-14,16-18H,4-5H2,1H3/t13?,14?,16?,17-,18+. The molecule has 0 radical (unpaired) electrons. The maximum absolute atomic E-state index is 14.1. The highest BCUT2D eigenvalue weighted by Gasteiger charge is 2.63. The van der Waals surface area contributed by atoms with Gasteiger partial charge in [0.15, 0.2) is 11.6 Å². The van der Waals surface area contributed by atoms with Crippen LogP contribution in [0.25, 0.3) is 11.3 Å². The first-order valence-corrected chi connectivity index (χ1v) is 8.74. The van der Waals surface area contributed by atoms with Gasteiger partial charge in [0, 0.05) is 11.6 Å². The van der Waals surface area contributed by atoms with Crippen molar-refractivity contribution in [1.29, 1.82) is 0 Å². The van der Waals surface area contributed by atoms with Crippen LogP contribution in [0.2, 0.25) is 0 Å². The second-order valence-electron chi connectivity index (χ2n) is 7.33. The third-order valence-corrected chi connectivity index (χ3v) is 5.96. The Morgan fingerprint density at radius 3 is 2.27 bits per heavy atom. The molecule has 1 aromatic heterocycles. The summed E-state index contributed by atoms with van der Waals surface area (Å²) in [7, 11) is 0. The van der Waals surface area contributed by atoms with Crippen LogP contribution in [0.4, 0.5) is 8.78 Å². The Labute approximate surface area is 148 Å². The number of carbonyl (C=O) groups is 2. The van der Waals surface area contributed by atoms with Gasteiger partial charge < -0.3 is 9.15 Å². The Morgan fingerprint density at radius 1 is 1.00 bits per heavy atom. The Bertz CT molecular complexity index is 919. The molecule has 3 heterocycles. The highest BCUT2D eigenvalue weighted by atomic mass is 19.1. The summed E-state index contributed by atoms with van der Waals surface area (Å²) in [6.45, 7) is 1.65. The van der Waals surface area contributed by atoms with E-state index in [0.29, 0.717) is 11.3 Å². The highest BCUT2D eigenvalue weighted by Crippen LogP contribution is 2.53. The van der Waals surface area contributed by atoms with Crippen molar-refractivity contribution in [3.8, 4) is 11.3 Å². The molecule has 6 heteroatoms. The zero-order valence-electron chi connectivity index (χ0n) is 14.0.